The molecule has 0 spiro atoms. The molecule has 19 heavy (non-hydrogen) atoms. The summed E-state index contributed by atoms with van der Waals surface area (Å²) in [6.07, 6.45) is 4.59. The van der Waals surface area contributed by atoms with E-state index in [4.69, 9.17) is 5.73 Å². The Kier molecular flexibility index (Phi) is 2.77. The number of rotatable bonds is 3. The molecular formula is C14H19N5. The van der Waals surface area contributed by atoms with Crippen LogP contribution in [0.1, 0.15) is 38.2 Å². The summed E-state index contributed by atoms with van der Waals surface area (Å²) in [7, 11) is 0. The first-order chi connectivity index (χ1) is 9.18. The minimum Gasteiger partial charge on any atom is -0.398 e. The summed E-state index contributed by atoms with van der Waals surface area (Å²) in [6, 6.07) is 5.91. The third-order valence-electron chi connectivity index (χ3n) is 4.39. The maximum atomic E-state index is 6.12. The second kappa shape index (κ2) is 4.33. The van der Waals surface area contributed by atoms with Crippen LogP contribution in [0.5, 0.6) is 0 Å². The van der Waals surface area contributed by atoms with Crippen molar-refractivity contribution in [1.29, 1.82) is 0 Å². The molecule has 100 valence electrons. The normalized spacial score (nSPS) is 17.2. The second-order valence-electron chi connectivity index (χ2n) is 5.38. The number of nitrogens with two attached hydrogens (primary N) is 1. The Labute approximate surface area is 112 Å². The third kappa shape index (κ3) is 1.72. The van der Waals surface area contributed by atoms with Gasteiger partial charge in [-0.05, 0) is 54.7 Å². The number of tetrazole rings is 1. The van der Waals surface area contributed by atoms with Crippen molar-refractivity contribution in [1.82, 2.24) is 20.2 Å². The molecule has 0 bridgehead atoms. The molecule has 2 aromatic rings. The van der Waals surface area contributed by atoms with Gasteiger partial charge in [-0.25, -0.2) is 4.68 Å². The van der Waals surface area contributed by atoms with E-state index in [1.807, 2.05) is 29.8 Å². The number of nitrogen functional groups attached to an aromatic ring is 1. The zero-order valence-electron chi connectivity index (χ0n) is 11.4. The molecule has 5 heteroatoms. The summed E-state index contributed by atoms with van der Waals surface area (Å²) >= 11 is 0. The van der Waals surface area contributed by atoms with E-state index in [2.05, 4.69) is 22.4 Å². The lowest BCUT2D eigenvalue weighted by atomic mass is 9.75. The van der Waals surface area contributed by atoms with E-state index in [0.717, 1.165) is 41.9 Å². The van der Waals surface area contributed by atoms with Crippen molar-refractivity contribution >= 4 is 5.69 Å². The van der Waals surface area contributed by atoms with E-state index in [1.165, 1.54) is 6.42 Å². The van der Waals surface area contributed by atoms with Gasteiger partial charge < -0.3 is 5.73 Å². The first-order valence-electron chi connectivity index (χ1n) is 6.82. The molecule has 0 unspecified atom stereocenters. The van der Waals surface area contributed by atoms with Crippen molar-refractivity contribution in [3.63, 3.8) is 0 Å². The van der Waals surface area contributed by atoms with E-state index in [1.54, 1.807) is 0 Å². The summed E-state index contributed by atoms with van der Waals surface area (Å²) in [5.41, 5.74) is 9.02. The number of benzene rings is 1. The topological polar surface area (TPSA) is 69.6 Å². The van der Waals surface area contributed by atoms with Crippen molar-refractivity contribution in [2.24, 2.45) is 0 Å². The first kappa shape index (κ1) is 12.1. The number of hydrogen-bond acceptors (Lipinski definition) is 4. The molecule has 0 radical (unpaired) electrons. The van der Waals surface area contributed by atoms with Gasteiger partial charge in [-0.1, -0.05) is 19.1 Å². The predicted octanol–water partition coefficient (Wildman–Crippen LogP) is 2.52. The van der Waals surface area contributed by atoms with Crippen molar-refractivity contribution in [2.45, 2.75) is 45.1 Å². The minimum absolute atomic E-state index is 0.0908. The van der Waals surface area contributed by atoms with Crippen LogP contribution in [-0.4, -0.2) is 20.2 Å². The SMILES string of the molecule is CCC1(n2nnnc2-c2c(C)cccc2N)CCC1. The molecule has 1 aliphatic rings. The summed E-state index contributed by atoms with van der Waals surface area (Å²) in [6.45, 7) is 4.25. The molecule has 1 heterocycles. The lowest BCUT2D eigenvalue weighted by Crippen LogP contribution is -2.41. The first-order valence-corrected chi connectivity index (χ1v) is 6.82. The van der Waals surface area contributed by atoms with Gasteiger partial charge >= 0.3 is 0 Å². The van der Waals surface area contributed by atoms with Crippen molar-refractivity contribution in [3.8, 4) is 11.4 Å². The van der Waals surface area contributed by atoms with Crippen molar-refractivity contribution in [2.75, 3.05) is 5.73 Å². The van der Waals surface area contributed by atoms with E-state index < -0.39 is 0 Å². The van der Waals surface area contributed by atoms with Crippen LogP contribution in [0.3, 0.4) is 0 Å². The molecule has 1 aromatic carbocycles. The summed E-state index contributed by atoms with van der Waals surface area (Å²) in [5.74, 6) is 0.803. The van der Waals surface area contributed by atoms with Crippen LogP contribution >= 0.6 is 0 Å². The van der Waals surface area contributed by atoms with Crippen LogP contribution in [0.4, 0.5) is 5.69 Å². The highest BCUT2D eigenvalue weighted by molar-refractivity contribution is 5.74. The van der Waals surface area contributed by atoms with Crippen LogP contribution in [0.15, 0.2) is 18.2 Å². The Morgan fingerprint density at radius 2 is 2.16 bits per heavy atom. The number of anilines is 1. The Hall–Kier alpha value is -1.91. The fourth-order valence-electron chi connectivity index (χ4n) is 2.96. The average Bonchev–Trinajstić information content (AvgIpc) is 2.78. The van der Waals surface area contributed by atoms with Gasteiger partial charge in [0.15, 0.2) is 5.82 Å². The third-order valence-corrected chi connectivity index (χ3v) is 4.39. The monoisotopic (exact) mass is 257 g/mol. The maximum Gasteiger partial charge on any atom is 0.184 e. The molecule has 0 atom stereocenters. The van der Waals surface area contributed by atoms with Gasteiger partial charge in [-0.2, -0.15) is 0 Å². The van der Waals surface area contributed by atoms with E-state index in [9.17, 15) is 0 Å². The van der Waals surface area contributed by atoms with Crippen molar-refractivity contribution < 1.29 is 0 Å². The zero-order chi connectivity index (χ0) is 13.5. The molecule has 1 aromatic heterocycles. The largest absolute Gasteiger partial charge is 0.398 e. The van der Waals surface area contributed by atoms with Crippen LogP contribution in [0, 0.1) is 6.92 Å². The van der Waals surface area contributed by atoms with Crippen molar-refractivity contribution in [3.05, 3.63) is 23.8 Å². The highest BCUT2D eigenvalue weighted by Gasteiger charge is 2.40. The molecule has 0 aliphatic heterocycles. The van der Waals surface area contributed by atoms with Gasteiger partial charge in [0.1, 0.15) is 0 Å². The smallest absolute Gasteiger partial charge is 0.184 e. The number of aromatic nitrogens is 4. The van der Waals surface area contributed by atoms with Gasteiger partial charge in [0.25, 0.3) is 0 Å². The zero-order valence-corrected chi connectivity index (χ0v) is 11.4. The molecule has 5 nitrogen and oxygen atoms in total. The molecule has 1 aliphatic carbocycles. The Balaban J connectivity index is 2.15. The molecule has 1 fully saturated rings. The fourth-order valence-corrected chi connectivity index (χ4v) is 2.96. The Morgan fingerprint density at radius 1 is 1.37 bits per heavy atom. The van der Waals surface area contributed by atoms with Crippen LogP contribution in [0.2, 0.25) is 0 Å². The molecule has 0 amide bonds. The van der Waals surface area contributed by atoms with Gasteiger partial charge in [-0.3, -0.25) is 0 Å². The lowest BCUT2D eigenvalue weighted by molar-refractivity contribution is 0.118. The highest BCUT2D eigenvalue weighted by atomic mass is 15.6. The van der Waals surface area contributed by atoms with Gasteiger partial charge in [-0.15, -0.1) is 5.10 Å². The summed E-state index contributed by atoms with van der Waals surface area (Å²) in [5, 5.41) is 12.3. The highest BCUT2D eigenvalue weighted by Crippen LogP contribution is 2.43. The van der Waals surface area contributed by atoms with E-state index in [-0.39, 0.29) is 5.54 Å². The summed E-state index contributed by atoms with van der Waals surface area (Å²) in [4.78, 5) is 0. The van der Waals surface area contributed by atoms with Gasteiger partial charge in [0.2, 0.25) is 0 Å². The number of nitrogens with zero attached hydrogens (tertiary/aromatic N) is 4. The predicted molar refractivity (Wildman–Crippen MR) is 74.5 cm³/mol. The second-order valence-corrected chi connectivity index (χ2v) is 5.38. The molecule has 2 N–H and O–H groups in total. The Morgan fingerprint density at radius 3 is 2.74 bits per heavy atom. The van der Waals surface area contributed by atoms with Crippen LogP contribution in [-0.2, 0) is 5.54 Å². The van der Waals surface area contributed by atoms with E-state index in [0.29, 0.717) is 0 Å². The van der Waals surface area contributed by atoms with E-state index >= 15 is 0 Å². The maximum absolute atomic E-state index is 6.12. The van der Waals surface area contributed by atoms with Gasteiger partial charge in [0.05, 0.1) is 5.54 Å². The molecule has 3 rings (SSSR count). The van der Waals surface area contributed by atoms with Gasteiger partial charge in [0, 0.05) is 11.3 Å². The molecular weight excluding hydrogens is 238 g/mol. The number of hydrogen-bond donors (Lipinski definition) is 1. The fraction of sp³-hybridized carbons (Fsp3) is 0.500. The average molecular weight is 257 g/mol. The summed E-state index contributed by atoms with van der Waals surface area (Å²) < 4.78 is 2.00. The molecule has 0 saturated heterocycles. The number of aryl methyl sites for hydroxylation is 1. The minimum atomic E-state index is 0.0908. The quantitative estimate of drug-likeness (QED) is 0.858. The Bertz CT molecular complexity index is 572. The van der Waals surface area contributed by atoms with Crippen LogP contribution < -0.4 is 5.73 Å². The van der Waals surface area contributed by atoms with Crippen LogP contribution in [0.25, 0.3) is 11.4 Å². The standard InChI is InChI=1S/C14H19N5/c1-3-14(8-5-9-14)19-13(16-17-18-19)12-10(2)6-4-7-11(12)15/h4,6-7H,3,5,8-9,15H2,1-2H3. The molecule has 1 saturated carbocycles. The lowest BCUT2D eigenvalue weighted by Gasteiger charge is -2.41.